The SMILES string of the molecule is O=C1CCCCC2(CCCC1)OOC1(CCCCC(=O)CCCC1)OO2. The summed E-state index contributed by atoms with van der Waals surface area (Å²) >= 11 is 0. The largest absolute Gasteiger partial charge is 0.300 e. The van der Waals surface area contributed by atoms with Crippen molar-refractivity contribution in [2.75, 3.05) is 0 Å². The molecule has 3 rings (SSSR count). The molecule has 3 fully saturated rings. The molecule has 2 saturated carbocycles. The van der Waals surface area contributed by atoms with Crippen molar-refractivity contribution >= 4 is 11.6 Å². The van der Waals surface area contributed by atoms with Gasteiger partial charge in [-0.1, -0.05) is 0 Å². The van der Waals surface area contributed by atoms with Crippen LogP contribution < -0.4 is 0 Å². The maximum absolute atomic E-state index is 11.7. The summed E-state index contributed by atoms with van der Waals surface area (Å²) in [5.41, 5.74) is 0. The van der Waals surface area contributed by atoms with Gasteiger partial charge >= 0.3 is 0 Å². The first-order valence-electron chi connectivity index (χ1n) is 10.4. The second kappa shape index (κ2) is 9.40. The third-order valence-electron chi connectivity index (χ3n) is 5.74. The number of Topliss-reactive ketones (excluding diaryl/α,β-unsaturated/α-hetero) is 2. The third kappa shape index (κ3) is 5.59. The predicted octanol–water partition coefficient (Wildman–Crippen LogP) is 4.70. The monoisotopic (exact) mass is 368 g/mol. The molecule has 6 heteroatoms. The van der Waals surface area contributed by atoms with E-state index in [1.54, 1.807) is 0 Å². The van der Waals surface area contributed by atoms with Crippen LogP contribution in [0.5, 0.6) is 0 Å². The third-order valence-corrected chi connectivity index (χ3v) is 5.74. The average Bonchev–Trinajstić information content (AvgIpc) is 2.65. The number of carbonyl (C=O) groups excluding carboxylic acids is 2. The van der Waals surface area contributed by atoms with Crippen molar-refractivity contribution in [3.05, 3.63) is 0 Å². The Kier molecular flexibility index (Phi) is 7.20. The molecule has 3 aliphatic rings. The normalized spacial score (nSPS) is 28.8. The van der Waals surface area contributed by atoms with Crippen molar-refractivity contribution in [1.82, 2.24) is 0 Å². The number of hydrogen-bond donors (Lipinski definition) is 0. The zero-order valence-corrected chi connectivity index (χ0v) is 15.8. The molecule has 0 amide bonds. The molecule has 0 unspecified atom stereocenters. The molecule has 2 aliphatic carbocycles. The molecule has 0 atom stereocenters. The fraction of sp³-hybridized carbons (Fsp3) is 0.900. The highest BCUT2D eigenvalue weighted by molar-refractivity contribution is 5.78. The molecular weight excluding hydrogens is 336 g/mol. The van der Waals surface area contributed by atoms with Gasteiger partial charge in [0.15, 0.2) is 0 Å². The van der Waals surface area contributed by atoms with Crippen LogP contribution in [0.4, 0.5) is 0 Å². The summed E-state index contributed by atoms with van der Waals surface area (Å²) in [7, 11) is 0. The van der Waals surface area contributed by atoms with Crippen LogP contribution in [0.25, 0.3) is 0 Å². The lowest BCUT2D eigenvalue weighted by Gasteiger charge is -2.43. The molecule has 26 heavy (non-hydrogen) atoms. The molecule has 2 spiro atoms. The van der Waals surface area contributed by atoms with Gasteiger partial charge in [-0.25, -0.2) is 0 Å². The van der Waals surface area contributed by atoms with E-state index in [-0.39, 0.29) is 0 Å². The van der Waals surface area contributed by atoms with E-state index in [4.69, 9.17) is 19.6 Å². The van der Waals surface area contributed by atoms with E-state index in [9.17, 15) is 9.59 Å². The second-order valence-electron chi connectivity index (χ2n) is 8.06. The highest BCUT2D eigenvalue weighted by Crippen LogP contribution is 2.41. The summed E-state index contributed by atoms with van der Waals surface area (Å²) in [6.07, 6.45) is 12.1. The summed E-state index contributed by atoms with van der Waals surface area (Å²) in [5.74, 6) is -0.982. The van der Waals surface area contributed by atoms with Crippen LogP contribution in [0.1, 0.15) is 103 Å². The van der Waals surface area contributed by atoms with Gasteiger partial charge < -0.3 is 0 Å². The molecule has 1 aliphatic heterocycles. The van der Waals surface area contributed by atoms with E-state index in [1.165, 1.54) is 0 Å². The van der Waals surface area contributed by atoms with E-state index >= 15 is 0 Å². The van der Waals surface area contributed by atoms with Crippen molar-refractivity contribution in [2.24, 2.45) is 0 Å². The zero-order chi connectivity index (χ0) is 18.3. The lowest BCUT2D eigenvalue weighted by atomic mass is 9.95. The summed E-state index contributed by atoms with van der Waals surface area (Å²) in [6.45, 7) is 0. The summed E-state index contributed by atoms with van der Waals surface area (Å²) in [4.78, 5) is 46.7. The van der Waals surface area contributed by atoms with Gasteiger partial charge in [-0.05, 0) is 51.4 Å². The molecule has 148 valence electrons. The molecule has 1 saturated heterocycles. The van der Waals surface area contributed by atoms with Crippen molar-refractivity contribution in [3.8, 4) is 0 Å². The predicted molar refractivity (Wildman–Crippen MR) is 93.7 cm³/mol. The first-order valence-corrected chi connectivity index (χ1v) is 10.4. The molecule has 0 N–H and O–H groups in total. The molecule has 0 aromatic heterocycles. The zero-order valence-electron chi connectivity index (χ0n) is 15.8. The van der Waals surface area contributed by atoms with Gasteiger partial charge in [-0.15, -0.1) is 0 Å². The molecule has 0 bridgehead atoms. The van der Waals surface area contributed by atoms with E-state index in [0.29, 0.717) is 62.9 Å². The minimum absolute atomic E-state index is 0.359. The van der Waals surface area contributed by atoms with Crippen molar-refractivity contribution in [3.63, 3.8) is 0 Å². The number of hydrogen-bond acceptors (Lipinski definition) is 6. The van der Waals surface area contributed by atoms with Crippen LogP contribution in [0.2, 0.25) is 0 Å². The Bertz CT molecular complexity index is 405. The Morgan fingerprint density at radius 1 is 0.462 bits per heavy atom. The minimum Gasteiger partial charge on any atom is -0.300 e. The topological polar surface area (TPSA) is 71.1 Å². The van der Waals surface area contributed by atoms with Crippen LogP contribution in [0, 0.1) is 0 Å². The lowest BCUT2D eigenvalue weighted by molar-refractivity contribution is -0.660. The Labute approximate surface area is 155 Å². The van der Waals surface area contributed by atoms with Crippen LogP contribution in [0.15, 0.2) is 0 Å². The van der Waals surface area contributed by atoms with Crippen LogP contribution in [-0.4, -0.2) is 23.1 Å². The molecule has 0 aromatic carbocycles. The van der Waals surface area contributed by atoms with Gasteiger partial charge in [-0.3, -0.25) is 9.59 Å². The maximum atomic E-state index is 11.7. The van der Waals surface area contributed by atoms with E-state index in [2.05, 4.69) is 0 Å². The maximum Gasteiger partial charge on any atom is 0.234 e. The van der Waals surface area contributed by atoms with Crippen LogP contribution in [-0.2, 0) is 29.1 Å². The summed E-state index contributed by atoms with van der Waals surface area (Å²) < 4.78 is 0. The first kappa shape index (κ1) is 19.9. The number of ketones is 2. The minimum atomic E-state index is -0.850. The molecular formula is C20H32O6. The van der Waals surface area contributed by atoms with Crippen molar-refractivity contribution in [2.45, 2.75) is 114 Å². The quantitative estimate of drug-likeness (QED) is 0.577. The highest BCUT2D eigenvalue weighted by Gasteiger charge is 2.48. The van der Waals surface area contributed by atoms with Gasteiger partial charge in [0.1, 0.15) is 11.6 Å². The fourth-order valence-corrected chi connectivity index (χ4v) is 4.03. The van der Waals surface area contributed by atoms with Crippen LogP contribution in [0.3, 0.4) is 0 Å². The van der Waals surface area contributed by atoms with Gasteiger partial charge in [0.05, 0.1) is 0 Å². The van der Waals surface area contributed by atoms with Crippen molar-refractivity contribution in [1.29, 1.82) is 0 Å². The Morgan fingerprint density at radius 3 is 1.00 bits per heavy atom. The number of rotatable bonds is 0. The molecule has 1 heterocycles. The van der Waals surface area contributed by atoms with Gasteiger partial charge in [0.2, 0.25) is 11.6 Å². The lowest BCUT2D eigenvalue weighted by Crippen LogP contribution is -2.51. The first-order chi connectivity index (χ1) is 12.6. The van der Waals surface area contributed by atoms with E-state index < -0.39 is 11.6 Å². The highest BCUT2D eigenvalue weighted by atomic mass is 17.4. The van der Waals surface area contributed by atoms with Crippen molar-refractivity contribution < 1.29 is 29.1 Å². The molecule has 0 aromatic rings. The number of carbonyl (C=O) groups is 2. The van der Waals surface area contributed by atoms with Gasteiger partial charge in [0, 0.05) is 51.4 Å². The summed E-state index contributed by atoms with van der Waals surface area (Å²) in [5, 5.41) is 0. The Morgan fingerprint density at radius 2 is 0.731 bits per heavy atom. The average molecular weight is 368 g/mol. The standard InChI is InChI=1S/C20H32O6/c21-17-9-1-5-13-19(14-6-2-10-17)23-25-20(26-24-19)15-7-3-11-18(22)12-4-8-16-20/h1-16H2. The van der Waals surface area contributed by atoms with E-state index in [0.717, 1.165) is 51.4 Å². The van der Waals surface area contributed by atoms with E-state index in [1.807, 2.05) is 0 Å². The smallest absolute Gasteiger partial charge is 0.234 e. The van der Waals surface area contributed by atoms with Crippen LogP contribution >= 0.6 is 0 Å². The summed E-state index contributed by atoms with van der Waals surface area (Å²) in [6, 6.07) is 0. The molecule has 0 radical (unpaired) electrons. The second-order valence-corrected chi connectivity index (χ2v) is 8.06. The Balaban J connectivity index is 1.56. The van der Waals surface area contributed by atoms with Gasteiger partial charge in [0.25, 0.3) is 0 Å². The molecule has 6 nitrogen and oxygen atoms in total. The van der Waals surface area contributed by atoms with Gasteiger partial charge in [-0.2, -0.15) is 19.6 Å². The fourth-order valence-electron chi connectivity index (χ4n) is 4.03. The Hall–Kier alpha value is -0.820.